The molecule has 6 nitrogen and oxygen atoms in total. The summed E-state index contributed by atoms with van der Waals surface area (Å²) in [6.07, 6.45) is 1.22. The summed E-state index contributed by atoms with van der Waals surface area (Å²) in [5, 5.41) is 11.4. The van der Waals surface area contributed by atoms with E-state index in [2.05, 4.69) is 0 Å². The van der Waals surface area contributed by atoms with Gasteiger partial charge in [-0.1, -0.05) is 11.6 Å². The maximum Gasteiger partial charge on any atom is 0.319 e. The van der Waals surface area contributed by atoms with Crippen LogP contribution in [0.25, 0.3) is 17.4 Å². The number of imide groups is 1. The summed E-state index contributed by atoms with van der Waals surface area (Å²) in [5.41, 5.74) is 5.33. The second-order valence-corrected chi connectivity index (χ2v) is 4.63. The molecule has 0 aliphatic carbocycles. The van der Waals surface area contributed by atoms with Gasteiger partial charge in [0.2, 0.25) is 0 Å². The summed E-state index contributed by atoms with van der Waals surface area (Å²) in [6.45, 7) is 0. The van der Waals surface area contributed by atoms with Gasteiger partial charge in [0.25, 0.3) is 5.91 Å². The van der Waals surface area contributed by atoms with Gasteiger partial charge < -0.3 is 10.2 Å². The molecule has 0 atom stereocenters. The van der Waals surface area contributed by atoms with Crippen LogP contribution in [0.1, 0.15) is 5.76 Å². The van der Waals surface area contributed by atoms with E-state index < -0.39 is 11.9 Å². The first-order valence-electron chi connectivity index (χ1n) is 6.08. The largest absolute Gasteiger partial charge is 0.457 e. The van der Waals surface area contributed by atoms with Crippen molar-refractivity contribution in [2.24, 2.45) is 5.73 Å². The van der Waals surface area contributed by atoms with Crippen molar-refractivity contribution in [3.8, 4) is 17.4 Å². The summed E-state index contributed by atoms with van der Waals surface area (Å²) in [5.74, 6) is -0.0453. The fourth-order valence-electron chi connectivity index (χ4n) is 1.67. The number of carbonyl (C=O) groups is 2. The Morgan fingerprint density at radius 2 is 1.91 bits per heavy atom. The number of nitrogens with one attached hydrogen (secondary N) is 1. The van der Waals surface area contributed by atoms with Crippen LogP contribution in [0, 0.1) is 11.3 Å². The molecule has 0 saturated heterocycles. The van der Waals surface area contributed by atoms with Crippen LogP contribution in [0.5, 0.6) is 0 Å². The summed E-state index contributed by atoms with van der Waals surface area (Å²) >= 11 is 5.81. The molecule has 2 rings (SSSR count). The lowest BCUT2D eigenvalue weighted by atomic mass is 10.2. The topological polar surface area (TPSA) is 109 Å². The molecule has 2 aromatic rings. The number of halogens is 1. The SMILES string of the molecule is N#C/C(=C/c1ccc(-c2ccc(Cl)cc2)o1)C(=O)NC(N)=O. The fraction of sp³-hybridized carbons (Fsp3) is 0. The van der Waals surface area contributed by atoms with Crippen molar-refractivity contribution >= 4 is 29.6 Å². The molecule has 0 radical (unpaired) electrons. The first-order valence-corrected chi connectivity index (χ1v) is 6.46. The van der Waals surface area contributed by atoms with Crippen LogP contribution in [0.3, 0.4) is 0 Å². The number of urea groups is 1. The van der Waals surface area contributed by atoms with Crippen molar-refractivity contribution in [1.29, 1.82) is 5.26 Å². The molecule has 3 amide bonds. The van der Waals surface area contributed by atoms with Crippen LogP contribution >= 0.6 is 11.6 Å². The number of hydrogen-bond donors (Lipinski definition) is 2. The number of hydrogen-bond acceptors (Lipinski definition) is 4. The van der Waals surface area contributed by atoms with Crippen LogP contribution in [-0.2, 0) is 4.79 Å². The van der Waals surface area contributed by atoms with Gasteiger partial charge in [-0.25, -0.2) is 4.79 Å². The molecule has 1 aromatic carbocycles. The third kappa shape index (κ3) is 3.75. The molecule has 0 aliphatic heterocycles. The number of nitrogens with two attached hydrogens (primary N) is 1. The van der Waals surface area contributed by atoms with E-state index in [-0.39, 0.29) is 5.57 Å². The Morgan fingerprint density at radius 1 is 1.23 bits per heavy atom. The standard InChI is InChI=1S/C15H10ClN3O3/c16-11-3-1-9(2-4-11)13-6-5-12(22-13)7-10(8-17)14(20)19-15(18)21/h1-7H,(H3,18,19,20,21)/b10-7-. The lowest BCUT2D eigenvalue weighted by Gasteiger charge is -1.98. The molecule has 0 saturated carbocycles. The highest BCUT2D eigenvalue weighted by molar-refractivity contribution is 6.30. The van der Waals surface area contributed by atoms with Gasteiger partial charge in [-0.05, 0) is 36.4 Å². The van der Waals surface area contributed by atoms with Crippen LogP contribution in [0.15, 0.2) is 46.4 Å². The van der Waals surface area contributed by atoms with Crippen molar-refractivity contribution in [2.75, 3.05) is 0 Å². The normalized spacial score (nSPS) is 10.8. The molecule has 1 aromatic heterocycles. The maximum absolute atomic E-state index is 11.5. The molecule has 110 valence electrons. The molecule has 0 spiro atoms. The Labute approximate surface area is 130 Å². The monoisotopic (exact) mass is 315 g/mol. The molecular weight excluding hydrogens is 306 g/mol. The summed E-state index contributed by atoms with van der Waals surface area (Å²) in [6, 6.07) is 10.9. The molecule has 0 fully saturated rings. The first-order chi connectivity index (χ1) is 10.5. The van der Waals surface area contributed by atoms with Gasteiger partial charge in [-0.15, -0.1) is 0 Å². The van der Waals surface area contributed by atoms with Crippen LogP contribution in [0.4, 0.5) is 4.79 Å². The minimum absolute atomic E-state index is 0.293. The average Bonchev–Trinajstić information content (AvgIpc) is 2.93. The Balaban J connectivity index is 2.25. The third-order valence-electron chi connectivity index (χ3n) is 2.64. The predicted octanol–water partition coefficient (Wildman–Crippen LogP) is 2.70. The Bertz CT molecular complexity index is 785. The molecule has 22 heavy (non-hydrogen) atoms. The number of primary amides is 1. The van der Waals surface area contributed by atoms with E-state index in [0.29, 0.717) is 16.5 Å². The Morgan fingerprint density at radius 3 is 2.50 bits per heavy atom. The van der Waals surface area contributed by atoms with Crippen molar-refractivity contribution in [3.63, 3.8) is 0 Å². The van der Waals surface area contributed by atoms with Gasteiger partial charge >= 0.3 is 6.03 Å². The van der Waals surface area contributed by atoms with Crippen molar-refractivity contribution in [3.05, 3.63) is 52.8 Å². The Kier molecular flexibility index (Phi) is 4.61. The molecule has 0 bridgehead atoms. The number of nitriles is 1. The highest BCUT2D eigenvalue weighted by Gasteiger charge is 2.12. The lowest BCUT2D eigenvalue weighted by Crippen LogP contribution is -2.35. The number of furan rings is 1. The molecule has 1 heterocycles. The van der Waals surface area contributed by atoms with E-state index in [9.17, 15) is 9.59 Å². The van der Waals surface area contributed by atoms with Crippen LogP contribution < -0.4 is 11.1 Å². The molecular formula is C15H10ClN3O3. The van der Waals surface area contributed by atoms with Crippen molar-refractivity contribution in [1.82, 2.24) is 5.32 Å². The smallest absolute Gasteiger partial charge is 0.319 e. The first kappa shape index (κ1) is 15.4. The van der Waals surface area contributed by atoms with Gasteiger partial charge in [0.1, 0.15) is 23.2 Å². The van der Waals surface area contributed by atoms with E-state index in [0.717, 1.165) is 5.56 Å². The predicted molar refractivity (Wildman–Crippen MR) is 80.5 cm³/mol. The van der Waals surface area contributed by atoms with Gasteiger partial charge in [0.05, 0.1) is 0 Å². The van der Waals surface area contributed by atoms with E-state index in [1.54, 1.807) is 42.5 Å². The lowest BCUT2D eigenvalue weighted by molar-refractivity contribution is -0.115. The third-order valence-corrected chi connectivity index (χ3v) is 2.90. The highest BCUT2D eigenvalue weighted by atomic mass is 35.5. The second-order valence-electron chi connectivity index (χ2n) is 4.20. The van der Waals surface area contributed by atoms with Crippen LogP contribution in [-0.4, -0.2) is 11.9 Å². The zero-order chi connectivity index (χ0) is 16.1. The summed E-state index contributed by atoms with van der Waals surface area (Å²) < 4.78 is 5.53. The number of nitrogens with zero attached hydrogens (tertiary/aromatic N) is 1. The highest BCUT2D eigenvalue weighted by Crippen LogP contribution is 2.24. The van der Waals surface area contributed by atoms with E-state index >= 15 is 0 Å². The minimum atomic E-state index is -1.03. The second kappa shape index (κ2) is 6.61. The van der Waals surface area contributed by atoms with Gasteiger partial charge in [-0.3, -0.25) is 10.1 Å². The zero-order valence-corrected chi connectivity index (χ0v) is 11.9. The number of rotatable bonds is 3. The molecule has 7 heteroatoms. The maximum atomic E-state index is 11.5. The zero-order valence-electron chi connectivity index (χ0n) is 11.2. The quantitative estimate of drug-likeness (QED) is 0.670. The van der Waals surface area contributed by atoms with Crippen LogP contribution in [0.2, 0.25) is 5.02 Å². The average molecular weight is 316 g/mol. The van der Waals surface area contributed by atoms with Crippen molar-refractivity contribution < 1.29 is 14.0 Å². The van der Waals surface area contributed by atoms with Gasteiger partial charge in [-0.2, -0.15) is 5.26 Å². The number of amides is 3. The minimum Gasteiger partial charge on any atom is -0.457 e. The van der Waals surface area contributed by atoms with E-state index in [1.165, 1.54) is 6.08 Å². The van der Waals surface area contributed by atoms with Crippen molar-refractivity contribution in [2.45, 2.75) is 0 Å². The van der Waals surface area contributed by atoms with Gasteiger partial charge in [0.15, 0.2) is 0 Å². The van der Waals surface area contributed by atoms with E-state index in [1.807, 2.05) is 5.32 Å². The number of carbonyl (C=O) groups excluding carboxylic acids is 2. The van der Waals surface area contributed by atoms with Gasteiger partial charge in [0, 0.05) is 16.7 Å². The molecule has 0 aliphatic rings. The molecule has 0 unspecified atom stereocenters. The fourth-order valence-corrected chi connectivity index (χ4v) is 1.80. The summed E-state index contributed by atoms with van der Waals surface area (Å²) in [7, 11) is 0. The Hall–Kier alpha value is -3.04. The van der Waals surface area contributed by atoms with E-state index in [4.69, 9.17) is 27.0 Å². The summed E-state index contributed by atoms with van der Waals surface area (Å²) in [4.78, 5) is 22.2. The molecule has 3 N–H and O–H groups in total. The number of benzene rings is 1.